The third-order valence-corrected chi connectivity index (χ3v) is 7.07. The Bertz CT molecular complexity index is 1030. The van der Waals surface area contributed by atoms with E-state index in [1.807, 2.05) is 29.4 Å². The van der Waals surface area contributed by atoms with E-state index in [0.29, 0.717) is 12.2 Å². The monoisotopic (exact) mass is 402 g/mol. The molecule has 8 heteroatoms. The summed E-state index contributed by atoms with van der Waals surface area (Å²) >= 11 is 0. The number of aromatic nitrogens is 2. The number of hydrazone groups is 1. The lowest BCUT2D eigenvalue weighted by molar-refractivity contribution is -0.141. The Morgan fingerprint density at radius 2 is 2.00 bits per heavy atom. The first-order valence-electron chi connectivity index (χ1n) is 10.4. The van der Waals surface area contributed by atoms with Crippen LogP contribution in [-0.4, -0.2) is 62.2 Å². The molecule has 4 heterocycles. The second-order valence-corrected chi connectivity index (χ2v) is 8.57. The number of benzene rings is 1. The molecule has 30 heavy (non-hydrogen) atoms. The summed E-state index contributed by atoms with van der Waals surface area (Å²) in [6.45, 7) is 1.44. The van der Waals surface area contributed by atoms with Gasteiger partial charge in [-0.25, -0.2) is 20.0 Å². The normalized spacial score (nSPS) is 33.5. The second-order valence-electron chi connectivity index (χ2n) is 8.57. The summed E-state index contributed by atoms with van der Waals surface area (Å²) in [6.07, 6.45) is 7.17. The van der Waals surface area contributed by atoms with Crippen LogP contribution in [0.25, 0.3) is 0 Å². The zero-order valence-corrected chi connectivity index (χ0v) is 16.5. The molecule has 5 unspecified atom stereocenters. The summed E-state index contributed by atoms with van der Waals surface area (Å²) in [6, 6.07) is 11.8. The van der Waals surface area contributed by atoms with E-state index in [2.05, 4.69) is 32.2 Å². The van der Waals surface area contributed by atoms with Crippen molar-refractivity contribution < 1.29 is 9.59 Å². The Hall–Kier alpha value is -3.13. The molecule has 1 aromatic carbocycles. The van der Waals surface area contributed by atoms with Crippen molar-refractivity contribution in [2.75, 3.05) is 13.1 Å². The molecule has 4 aliphatic rings. The highest BCUT2D eigenvalue weighted by atomic mass is 16.2. The van der Waals surface area contributed by atoms with Crippen LogP contribution in [0, 0.1) is 11.3 Å². The van der Waals surface area contributed by atoms with Crippen molar-refractivity contribution >= 4 is 18.0 Å². The smallest absolute Gasteiger partial charge is 0.273 e. The van der Waals surface area contributed by atoms with Crippen LogP contribution in [0.5, 0.6) is 0 Å². The molecular formula is C22H22N6O2. The highest BCUT2D eigenvalue weighted by Gasteiger charge is 2.72. The molecule has 3 aliphatic heterocycles. The summed E-state index contributed by atoms with van der Waals surface area (Å²) in [5, 5.41) is 10.1. The van der Waals surface area contributed by atoms with Crippen molar-refractivity contribution in [3.8, 4) is 0 Å². The lowest BCUT2D eigenvalue weighted by atomic mass is 9.82. The van der Waals surface area contributed by atoms with Gasteiger partial charge in [-0.3, -0.25) is 14.6 Å². The Balaban J connectivity index is 1.25. The van der Waals surface area contributed by atoms with Crippen LogP contribution < -0.4 is 0 Å². The zero-order chi connectivity index (χ0) is 20.3. The number of amides is 2. The van der Waals surface area contributed by atoms with Gasteiger partial charge in [-0.05, 0) is 24.5 Å². The first-order chi connectivity index (χ1) is 14.7. The number of hydrogen-bond acceptors (Lipinski definition) is 6. The van der Waals surface area contributed by atoms with Crippen LogP contribution in [-0.2, 0) is 4.79 Å². The van der Waals surface area contributed by atoms with E-state index in [1.165, 1.54) is 6.33 Å². The Morgan fingerprint density at radius 1 is 1.13 bits per heavy atom. The third kappa shape index (κ3) is 2.46. The first-order valence-corrected chi connectivity index (χ1v) is 10.4. The van der Waals surface area contributed by atoms with Gasteiger partial charge in [0.1, 0.15) is 12.0 Å². The van der Waals surface area contributed by atoms with Crippen molar-refractivity contribution in [2.24, 2.45) is 16.4 Å². The number of fused-ring (bicyclic) bond motifs is 1. The number of nitrogens with zero attached hydrogens (tertiary/aromatic N) is 6. The van der Waals surface area contributed by atoms with E-state index in [4.69, 9.17) is 0 Å². The van der Waals surface area contributed by atoms with Crippen molar-refractivity contribution in [3.63, 3.8) is 0 Å². The van der Waals surface area contributed by atoms with Gasteiger partial charge in [0.2, 0.25) is 5.91 Å². The number of rotatable bonds is 3. The fourth-order valence-electron chi connectivity index (χ4n) is 5.56. The standard InChI is InChI=1S/C22H22N6O2/c29-20(27-18(7-10-25-27)15-4-2-1-3-5-15)16-8-11-26-13-22(16)12-19(22)28(26)21(30)17-6-9-23-14-24-17/h1-6,9-10,14,16,18-19H,7-8,11-13H2. The number of hydrazine groups is 1. The quantitative estimate of drug-likeness (QED) is 0.783. The minimum atomic E-state index is -0.155. The van der Waals surface area contributed by atoms with Gasteiger partial charge in [0.25, 0.3) is 5.91 Å². The number of carbonyl (C=O) groups excluding carboxylic acids is 2. The zero-order valence-electron chi connectivity index (χ0n) is 16.5. The summed E-state index contributed by atoms with van der Waals surface area (Å²) < 4.78 is 0. The molecule has 8 nitrogen and oxygen atoms in total. The molecule has 2 amide bonds. The van der Waals surface area contributed by atoms with Gasteiger partial charge in [-0.2, -0.15) is 5.10 Å². The predicted molar refractivity (Wildman–Crippen MR) is 108 cm³/mol. The Kier molecular flexibility index (Phi) is 3.80. The lowest BCUT2D eigenvalue weighted by Crippen LogP contribution is -2.49. The molecule has 0 N–H and O–H groups in total. The molecule has 152 valence electrons. The lowest BCUT2D eigenvalue weighted by Gasteiger charge is -2.37. The number of carbonyl (C=O) groups is 2. The van der Waals surface area contributed by atoms with Crippen LogP contribution >= 0.6 is 0 Å². The summed E-state index contributed by atoms with van der Waals surface area (Å²) in [4.78, 5) is 34.7. The maximum absolute atomic E-state index is 13.6. The van der Waals surface area contributed by atoms with Gasteiger partial charge >= 0.3 is 0 Å². The topological polar surface area (TPSA) is 82.0 Å². The highest BCUT2D eigenvalue weighted by molar-refractivity contribution is 5.93. The van der Waals surface area contributed by atoms with Gasteiger partial charge in [0.15, 0.2) is 0 Å². The van der Waals surface area contributed by atoms with E-state index in [1.54, 1.807) is 17.3 Å². The molecule has 5 atom stereocenters. The molecule has 0 radical (unpaired) electrons. The van der Waals surface area contributed by atoms with Crippen LogP contribution in [0.2, 0.25) is 0 Å². The third-order valence-electron chi connectivity index (χ3n) is 7.07. The van der Waals surface area contributed by atoms with Gasteiger partial charge in [0, 0.05) is 37.3 Å². The minimum Gasteiger partial charge on any atom is -0.273 e. The Morgan fingerprint density at radius 3 is 2.80 bits per heavy atom. The molecule has 1 spiro atoms. The average Bonchev–Trinajstić information content (AvgIpc) is 3.17. The van der Waals surface area contributed by atoms with Crippen molar-refractivity contribution in [1.29, 1.82) is 0 Å². The van der Waals surface area contributed by atoms with Crippen molar-refractivity contribution in [3.05, 3.63) is 60.2 Å². The molecular weight excluding hydrogens is 380 g/mol. The Labute approximate surface area is 174 Å². The molecule has 2 saturated heterocycles. The summed E-state index contributed by atoms with van der Waals surface area (Å²) in [5.74, 6) is -0.115. The second kappa shape index (κ2) is 6.43. The minimum absolute atomic E-state index is 0.0366. The largest absolute Gasteiger partial charge is 0.287 e. The number of piperidine rings is 1. The van der Waals surface area contributed by atoms with Crippen LogP contribution in [0.1, 0.15) is 41.4 Å². The van der Waals surface area contributed by atoms with Crippen molar-refractivity contribution in [2.45, 2.75) is 31.3 Å². The van der Waals surface area contributed by atoms with E-state index >= 15 is 0 Å². The molecule has 3 fully saturated rings. The fraction of sp³-hybridized carbons (Fsp3) is 0.409. The van der Waals surface area contributed by atoms with Crippen LogP contribution in [0.4, 0.5) is 0 Å². The summed E-state index contributed by atoms with van der Waals surface area (Å²) in [5.41, 5.74) is 1.35. The fourth-order valence-corrected chi connectivity index (χ4v) is 5.56. The molecule has 1 aromatic heterocycles. The highest BCUT2D eigenvalue weighted by Crippen LogP contribution is 2.64. The molecule has 1 aliphatic carbocycles. The van der Waals surface area contributed by atoms with E-state index in [9.17, 15) is 9.59 Å². The molecule has 1 saturated carbocycles. The maximum Gasteiger partial charge on any atom is 0.287 e. The maximum atomic E-state index is 13.6. The van der Waals surface area contributed by atoms with E-state index in [-0.39, 0.29) is 35.2 Å². The van der Waals surface area contributed by atoms with Gasteiger partial charge < -0.3 is 0 Å². The molecule has 2 bridgehead atoms. The molecule has 2 aromatic rings. The van der Waals surface area contributed by atoms with E-state index < -0.39 is 0 Å². The summed E-state index contributed by atoms with van der Waals surface area (Å²) in [7, 11) is 0. The van der Waals surface area contributed by atoms with Crippen molar-refractivity contribution in [1.82, 2.24) is 25.0 Å². The van der Waals surface area contributed by atoms with Gasteiger partial charge in [-0.1, -0.05) is 30.3 Å². The van der Waals surface area contributed by atoms with Crippen LogP contribution in [0.15, 0.2) is 54.0 Å². The average molecular weight is 402 g/mol. The SMILES string of the molecule is O=C(C1CCN2CC13CC3N2C(=O)c1ccncn1)N1N=CCC1c1ccccc1. The first kappa shape index (κ1) is 17.7. The number of hydrogen-bond donors (Lipinski definition) is 0. The van der Waals surface area contributed by atoms with Gasteiger partial charge in [0.05, 0.1) is 18.0 Å². The van der Waals surface area contributed by atoms with Gasteiger partial charge in [-0.15, -0.1) is 0 Å². The van der Waals surface area contributed by atoms with Crippen LogP contribution in [0.3, 0.4) is 0 Å². The predicted octanol–water partition coefficient (Wildman–Crippen LogP) is 1.89. The molecule has 6 rings (SSSR count). The van der Waals surface area contributed by atoms with E-state index in [0.717, 1.165) is 31.4 Å².